The molecule has 4 nitrogen and oxygen atoms in total. The van der Waals surface area contributed by atoms with Gasteiger partial charge in [-0.05, 0) is 48.6 Å². The maximum Gasteiger partial charge on any atom is 0.269 e. The smallest absolute Gasteiger partial charge is 0.269 e. The summed E-state index contributed by atoms with van der Waals surface area (Å²) in [6.45, 7) is 4.01. The van der Waals surface area contributed by atoms with Gasteiger partial charge >= 0.3 is 0 Å². The summed E-state index contributed by atoms with van der Waals surface area (Å²) >= 11 is 4.55. The molecule has 0 aliphatic heterocycles. The van der Waals surface area contributed by atoms with Crippen molar-refractivity contribution < 1.29 is 4.79 Å². The highest BCUT2D eigenvalue weighted by Gasteiger charge is 2.16. The van der Waals surface area contributed by atoms with Crippen LogP contribution in [-0.2, 0) is 6.42 Å². The number of rotatable bonds is 4. The molecule has 0 unspecified atom stereocenters. The molecule has 0 aliphatic rings. The van der Waals surface area contributed by atoms with Crippen molar-refractivity contribution in [3.05, 3.63) is 38.8 Å². The third kappa shape index (κ3) is 3.39. The number of amides is 1. The molecule has 19 heavy (non-hydrogen) atoms. The Morgan fingerprint density at radius 3 is 2.95 bits per heavy atom. The quantitative estimate of drug-likeness (QED) is 0.921. The van der Waals surface area contributed by atoms with Crippen LogP contribution in [0.3, 0.4) is 0 Å². The monoisotopic (exact) mass is 339 g/mol. The van der Waals surface area contributed by atoms with Crippen LogP contribution in [0, 0.1) is 6.92 Å². The number of benzene rings is 1. The van der Waals surface area contributed by atoms with E-state index in [1.165, 1.54) is 0 Å². The van der Waals surface area contributed by atoms with Gasteiger partial charge in [-0.2, -0.15) is 0 Å². The van der Waals surface area contributed by atoms with Crippen molar-refractivity contribution in [1.82, 2.24) is 9.59 Å². The summed E-state index contributed by atoms with van der Waals surface area (Å²) in [5.41, 5.74) is 2.60. The topological polar surface area (TPSA) is 54.9 Å². The summed E-state index contributed by atoms with van der Waals surface area (Å²) in [6.07, 6.45) is 1.72. The van der Waals surface area contributed by atoms with Crippen LogP contribution < -0.4 is 5.32 Å². The van der Waals surface area contributed by atoms with E-state index in [4.69, 9.17) is 0 Å². The molecule has 2 aromatic rings. The van der Waals surface area contributed by atoms with Crippen molar-refractivity contribution >= 4 is 39.1 Å². The predicted molar refractivity (Wildman–Crippen MR) is 80.7 cm³/mol. The van der Waals surface area contributed by atoms with Crippen LogP contribution in [0.5, 0.6) is 0 Å². The van der Waals surface area contributed by atoms with Gasteiger partial charge in [0.2, 0.25) is 0 Å². The molecule has 0 radical (unpaired) electrons. The third-order valence-corrected chi connectivity index (χ3v) is 3.95. The SMILES string of the molecule is CCCc1nnsc1C(=O)Nc1ccc(Br)cc1C. The number of carbonyl (C=O) groups is 1. The summed E-state index contributed by atoms with van der Waals surface area (Å²) in [4.78, 5) is 12.8. The highest BCUT2D eigenvalue weighted by atomic mass is 79.9. The van der Waals surface area contributed by atoms with Crippen LogP contribution in [0.4, 0.5) is 5.69 Å². The van der Waals surface area contributed by atoms with Gasteiger partial charge in [-0.15, -0.1) is 5.10 Å². The first-order valence-electron chi connectivity index (χ1n) is 6.00. The minimum absolute atomic E-state index is 0.135. The molecular formula is C13H14BrN3OS. The Morgan fingerprint density at radius 1 is 1.47 bits per heavy atom. The summed E-state index contributed by atoms with van der Waals surface area (Å²) in [6, 6.07) is 5.75. The number of aromatic nitrogens is 2. The van der Waals surface area contributed by atoms with Gasteiger partial charge in [0.05, 0.1) is 5.69 Å². The van der Waals surface area contributed by atoms with Gasteiger partial charge in [-0.25, -0.2) is 0 Å². The number of nitrogens with zero attached hydrogens (tertiary/aromatic N) is 2. The van der Waals surface area contributed by atoms with Gasteiger partial charge < -0.3 is 5.32 Å². The summed E-state index contributed by atoms with van der Waals surface area (Å²) in [7, 11) is 0. The van der Waals surface area contributed by atoms with E-state index in [1.807, 2.05) is 25.1 Å². The Morgan fingerprint density at radius 2 is 2.26 bits per heavy atom. The zero-order valence-corrected chi connectivity index (χ0v) is 13.1. The fourth-order valence-corrected chi connectivity index (χ4v) is 2.81. The molecular weight excluding hydrogens is 326 g/mol. The van der Waals surface area contributed by atoms with Gasteiger partial charge in [0, 0.05) is 10.2 Å². The molecule has 1 aromatic heterocycles. The van der Waals surface area contributed by atoms with Crippen LogP contribution in [0.1, 0.15) is 34.3 Å². The minimum Gasteiger partial charge on any atom is -0.321 e. The molecule has 0 fully saturated rings. The highest BCUT2D eigenvalue weighted by molar-refractivity contribution is 9.10. The Kier molecular flexibility index (Phi) is 4.66. The predicted octanol–water partition coefficient (Wildman–Crippen LogP) is 3.81. The molecule has 0 bridgehead atoms. The molecule has 0 saturated heterocycles. The standard InChI is InChI=1S/C13H14BrN3OS/c1-3-4-11-12(19-17-16-11)13(18)15-10-6-5-9(14)7-8(10)2/h5-7H,3-4H2,1-2H3,(H,15,18). The molecule has 100 valence electrons. The maximum atomic E-state index is 12.2. The zero-order chi connectivity index (χ0) is 13.8. The van der Waals surface area contributed by atoms with Crippen LogP contribution in [0.15, 0.2) is 22.7 Å². The van der Waals surface area contributed by atoms with E-state index < -0.39 is 0 Å². The fraction of sp³-hybridized carbons (Fsp3) is 0.308. The van der Waals surface area contributed by atoms with Crippen molar-refractivity contribution in [2.45, 2.75) is 26.7 Å². The van der Waals surface area contributed by atoms with Crippen LogP contribution in [0.25, 0.3) is 0 Å². The van der Waals surface area contributed by atoms with Crippen molar-refractivity contribution in [3.8, 4) is 0 Å². The number of hydrogen-bond acceptors (Lipinski definition) is 4. The van der Waals surface area contributed by atoms with E-state index in [2.05, 4.69) is 37.8 Å². The van der Waals surface area contributed by atoms with Crippen molar-refractivity contribution in [1.29, 1.82) is 0 Å². The van der Waals surface area contributed by atoms with Crippen LogP contribution in [0.2, 0.25) is 0 Å². The second-order valence-electron chi connectivity index (χ2n) is 4.21. The lowest BCUT2D eigenvalue weighted by molar-refractivity contribution is 0.102. The molecule has 6 heteroatoms. The zero-order valence-electron chi connectivity index (χ0n) is 10.7. The van der Waals surface area contributed by atoms with Crippen molar-refractivity contribution in [2.24, 2.45) is 0 Å². The molecule has 2 rings (SSSR count). The Hall–Kier alpha value is -1.27. The molecule has 0 aliphatic carbocycles. The summed E-state index contributed by atoms with van der Waals surface area (Å²) in [5.74, 6) is -0.135. The Bertz CT molecular complexity index is 597. The lowest BCUT2D eigenvalue weighted by atomic mass is 10.2. The van der Waals surface area contributed by atoms with Crippen molar-refractivity contribution in [2.75, 3.05) is 5.32 Å². The largest absolute Gasteiger partial charge is 0.321 e. The number of carbonyl (C=O) groups excluding carboxylic acids is 1. The van der Waals surface area contributed by atoms with E-state index in [0.29, 0.717) is 4.88 Å². The van der Waals surface area contributed by atoms with Gasteiger partial charge in [0.15, 0.2) is 0 Å². The molecule has 0 atom stereocenters. The van der Waals surface area contributed by atoms with E-state index in [-0.39, 0.29) is 5.91 Å². The second kappa shape index (κ2) is 6.25. The molecule has 0 saturated carbocycles. The Balaban J connectivity index is 2.18. The number of halogens is 1. The average Bonchev–Trinajstić information content (AvgIpc) is 2.81. The van der Waals surface area contributed by atoms with Gasteiger partial charge in [0.1, 0.15) is 4.88 Å². The van der Waals surface area contributed by atoms with Gasteiger partial charge in [-0.1, -0.05) is 33.8 Å². The number of anilines is 1. The van der Waals surface area contributed by atoms with E-state index >= 15 is 0 Å². The van der Waals surface area contributed by atoms with Crippen LogP contribution >= 0.6 is 27.5 Å². The first-order chi connectivity index (χ1) is 9.11. The third-order valence-electron chi connectivity index (χ3n) is 2.69. The molecule has 1 N–H and O–H groups in total. The maximum absolute atomic E-state index is 12.2. The number of aryl methyl sites for hydroxylation is 2. The molecule has 0 spiro atoms. The van der Waals surface area contributed by atoms with Gasteiger partial charge in [-0.3, -0.25) is 4.79 Å². The molecule has 1 aromatic carbocycles. The first-order valence-corrected chi connectivity index (χ1v) is 7.57. The van der Waals surface area contributed by atoms with E-state index in [9.17, 15) is 4.79 Å². The normalized spacial score (nSPS) is 10.5. The van der Waals surface area contributed by atoms with E-state index in [0.717, 1.165) is 45.8 Å². The Labute approximate surface area is 124 Å². The van der Waals surface area contributed by atoms with Crippen molar-refractivity contribution in [3.63, 3.8) is 0 Å². The second-order valence-corrected chi connectivity index (χ2v) is 5.88. The highest BCUT2D eigenvalue weighted by Crippen LogP contribution is 2.22. The minimum atomic E-state index is -0.135. The van der Waals surface area contributed by atoms with Crippen LogP contribution in [-0.4, -0.2) is 15.5 Å². The lowest BCUT2D eigenvalue weighted by Gasteiger charge is -2.08. The molecule has 1 amide bonds. The van der Waals surface area contributed by atoms with E-state index in [1.54, 1.807) is 0 Å². The average molecular weight is 340 g/mol. The number of nitrogens with one attached hydrogen (secondary N) is 1. The first kappa shape index (κ1) is 14.1. The van der Waals surface area contributed by atoms with Gasteiger partial charge in [0.25, 0.3) is 5.91 Å². The molecule has 1 heterocycles. The summed E-state index contributed by atoms with van der Waals surface area (Å²) in [5, 5.41) is 6.91. The number of hydrogen-bond donors (Lipinski definition) is 1. The fourth-order valence-electron chi connectivity index (χ4n) is 1.73. The summed E-state index contributed by atoms with van der Waals surface area (Å²) < 4.78 is 4.86. The lowest BCUT2D eigenvalue weighted by Crippen LogP contribution is -2.13.